The van der Waals surface area contributed by atoms with Crippen LogP contribution in [-0.2, 0) is 18.4 Å². The quantitative estimate of drug-likeness (QED) is 0.277. The molecule has 2 aromatic heterocycles. The van der Waals surface area contributed by atoms with Gasteiger partial charge >= 0.3 is 0 Å². The number of nitrogens with one attached hydrogen (secondary N) is 1. The maximum absolute atomic E-state index is 12.1. The number of amides is 1. The van der Waals surface area contributed by atoms with Crippen molar-refractivity contribution < 1.29 is 9.53 Å². The number of hydrogen-bond acceptors (Lipinski definition) is 4. The molecule has 178 valence electrons. The average molecular weight is 476 g/mol. The third kappa shape index (κ3) is 6.06. The van der Waals surface area contributed by atoms with Crippen molar-refractivity contribution in [1.82, 2.24) is 14.9 Å². The largest absolute Gasteiger partial charge is 0.494 e. The molecule has 1 N–H and O–H groups in total. The predicted molar refractivity (Wildman–Crippen MR) is 140 cm³/mol. The Labute approximate surface area is 205 Å². The second kappa shape index (κ2) is 10.9. The molecule has 0 saturated heterocycles. The summed E-state index contributed by atoms with van der Waals surface area (Å²) in [7, 11) is 0. The highest BCUT2D eigenvalue weighted by Gasteiger charge is 2.13. The fourth-order valence-electron chi connectivity index (χ4n) is 3.97. The van der Waals surface area contributed by atoms with Crippen molar-refractivity contribution in [3.8, 4) is 5.75 Å². The SMILES string of the molecule is CC(C)(C)c1ccc(OCCCn2c(CCCNC(=O)c3cccs3)nc3ccccc32)cc1. The van der Waals surface area contributed by atoms with Gasteiger partial charge in [0.15, 0.2) is 0 Å². The first-order valence-electron chi connectivity index (χ1n) is 11.9. The first kappa shape index (κ1) is 24.0. The molecule has 0 fully saturated rings. The summed E-state index contributed by atoms with van der Waals surface area (Å²) in [4.78, 5) is 17.8. The van der Waals surface area contributed by atoms with Crippen LogP contribution in [0.5, 0.6) is 5.75 Å². The third-order valence-corrected chi connectivity index (χ3v) is 6.73. The Morgan fingerprint density at radius 3 is 2.56 bits per heavy atom. The highest BCUT2D eigenvalue weighted by Crippen LogP contribution is 2.24. The fraction of sp³-hybridized carbons (Fsp3) is 0.357. The van der Waals surface area contributed by atoms with Crippen LogP contribution in [0.3, 0.4) is 0 Å². The molecule has 0 spiro atoms. The molecule has 0 unspecified atom stereocenters. The van der Waals surface area contributed by atoms with Crippen molar-refractivity contribution in [2.24, 2.45) is 0 Å². The summed E-state index contributed by atoms with van der Waals surface area (Å²) in [6, 6.07) is 20.4. The topological polar surface area (TPSA) is 56.1 Å². The zero-order valence-electron chi connectivity index (χ0n) is 20.2. The summed E-state index contributed by atoms with van der Waals surface area (Å²) in [6.07, 6.45) is 2.55. The smallest absolute Gasteiger partial charge is 0.261 e. The van der Waals surface area contributed by atoms with Crippen LogP contribution in [0, 0.1) is 0 Å². The lowest BCUT2D eigenvalue weighted by Crippen LogP contribution is -2.24. The van der Waals surface area contributed by atoms with Gasteiger partial charge in [0, 0.05) is 19.5 Å². The van der Waals surface area contributed by atoms with Gasteiger partial charge < -0.3 is 14.6 Å². The Morgan fingerprint density at radius 1 is 1.03 bits per heavy atom. The number of carbonyl (C=O) groups is 1. The minimum absolute atomic E-state index is 0.00353. The van der Waals surface area contributed by atoms with Gasteiger partial charge in [0.25, 0.3) is 5.91 Å². The van der Waals surface area contributed by atoms with Crippen molar-refractivity contribution in [2.75, 3.05) is 13.2 Å². The van der Waals surface area contributed by atoms with Crippen LogP contribution in [-0.4, -0.2) is 28.6 Å². The Kier molecular flexibility index (Phi) is 7.68. The van der Waals surface area contributed by atoms with Crippen LogP contribution < -0.4 is 10.1 Å². The van der Waals surface area contributed by atoms with Gasteiger partial charge in [0.1, 0.15) is 11.6 Å². The number of imidazole rings is 1. The molecule has 0 aliphatic heterocycles. The Hall–Kier alpha value is -3.12. The van der Waals surface area contributed by atoms with Crippen LogP contribution in [0.2, 0.25) is 0 Å². The minimum Gasteiger partial charge on any atom is -0.494 e. The van der Waals surface area contributed by atoms with Crippen LogP contribution >= 0.6 is 11.3 Å². The molecule has 0 aliphatic carbocycles. The molecule has 4 aromatic rings. The third-order valence-electron chi connectivity index (χ3n) is 5.86. The molecule has 2 aromatic carbocycles. The zero-order chi connectivity index (χ0) is 24.0. The van der Waals surface area contributed by atoms with Crippen molar-refractivity contribution >= 4 is 28.3 Å². The summed E-state index contributed by atoms with van der Waals surface area (Å²) in [5.41, 5.74) is 3.61. The standard InChI is InChI=1S/C28H33N3O2S/c1-28(2,3)21-13-15-22(16-14-21)33-19-8-18-31-24-10-5-4-9-23(24)30-26(31)12-6-17-29-27(32)25-11-7-20-34-25/h4-5,7,9-11,13-16,20H,6,8,12,17-19H2,1-3H3,(H,29,32). The number of thiophene rings is 1. The summed E-state index contributed by atoms with van der Waals surface area (Å²) in [5, 5.41) is 4.93. The van der Waals surface area contributed by atoms with Gasteiger partial charge in [-0.25, -0.2) is 4.98 Å². The molecular weight excluding hydrogens is 442 g/mol. The van der Waals surface area contributed by atoms with Crippen LogP contribution in [0.4, 0.5) is 0 Å². The van der Waals surface area contributed by atoms with E-state index in [2.05, 4.69) is 73.1 Å². The normalized spacial score (nSPS) is 11.6. The summed E-state index contributed by atoms with van der Waals surface area (Å²) in [5.74, 6) is 1.96. The van der Waals surface area contributed by atoms with E-state index < -0.39 is 0 Å². The molecule has 1 amide bonds. The van der Waals surface area contributed by atoms with Crippen LogP contribution in [0.15, 0.2) is 66.0 Å². The maximum Gasteiger partial charge on any atom is 0.261 e. The summed E-state index contributed by atoms with van der Waals surface area (Å²) in [6.45, 7) is 8.78. The molecule has 4 rings (SSSR count). The lowest BCUT2D eigenvalue weighted by molar-refractivity contribution is 0.0957. The molecule has 0 saturated carbocycles. The molecule has 0 radical (unpaired) electrons. The van der Waals surface area contributed by atoms with Crippen molar-refractivity contribution in [3.05, 3.63) is 82.3 Å². The van der Waals surface area contributed by atoms with E-state index in [0.29, 0.717) is 13.2 Å². The number of carbonyl (C=O) groups excluding carboxylic acids is 1. The van der Waals surface area contributed by atoms with E-state index in [9.17, 15) is 4.79 Å². The zero-order valence-corrected chi connectivity index (χ0v) is 21.0. The summed E-state index contributed by atoms with van der Waals surface area (Å²) >= 11 is 1.46. The number of ether oxygens (including phenoxy) is 1. The van der Waals surface area contributed by atoms with E-state index in [-0.39, 0.29) is 11.3 Å². The van der Waals surface area contributed by atoms with Gasteiger partial charge in [-0.15, -0.1) is 11.3 Å². The number of rotatable bonds is 10. The maximum atomic E-state index is 12.1. The number of para-hydroxylation sites is 2. The van der Waals surface area contributed by atoms with Crippen molar-refractivity contribution in [2.45, 2.75) is 52.0 Å². The number of nitrogens with zero attached hydrogens (tertiary/aromatic N) is 2. The van der Waals surface area contributed by atoms with E-state index in [0.717, 1.165) is 53.3 Å². The van der Waals surface area contributed by atoms with Gasteiger partial charge in [-0.1, -0.05) is 51.1 Å². The van der Waals surface area contributed by atoms with Gasteiger partial charge in [-0.3, -0.25) is 4.79 Å². The number of fused-ring (bicyclic) bond motifs is 1. The molecule has 2 heterocycles. The van der Waals surface area contributed by atoms with Crippen LogP contribution in [0.25, 0.3) is 11.0 Å². The number of benzene rings is 2. The number of hydrogen-bond donors (Lipinski definition) is 1. The molecule has 5 nitrogen and oxygen atoms in total. The van der Waals surface area contributed by atoms with Gasteiger partial charge in [0.05, 0.1) is 22.5 Å². The minimum atomic E-state index is -0.00353. The van der Waals surface area contributed by atoms with E-state index in [1.54, 1.807) is 0 Å². The molecule has 0 atom stereocenters. The van der Waals surface area contributed by atoms with Gasteiger partial charge in [0.2, 0.25) is 0 Å². The van der Waals surface area contributed by atoms with Crippen LogP contribution in [0.1, 0.15) is 54.7 Å². The summed E-state index contributed by atoms with van der Waals surface area (Å²) < 4.78 is 8.30. The second-order valence-electron chi connectivity index (χ2n) is 9.48. The average Bonchev–Trinajstić information content (AvgIpc) is 3.48. The highest BCUT2D eigenvalue weighted by molar-refractivity contribution is 7.12. The van der Waals surface area contributed by atoms with Crippen molar-refractivity contribution in [3.63, 3.8) is 0 Å². The Balaban J connectivity index is 1.31. The molecule has 34 heavy (non-hydrogen) atoms. The van der Waals surface area contributed by atoms with Gasteiger partial charge in [-0.2, -0.15) is 0 Å². The van der Waals surface area contributed by atoms with E-state index in [4.69, 9.17) is 9.72 Å². The van der Waals surface area contributed by atoms with E-state index >= 15 is 0 Å². The highest BCUT2D eigenvalue weighted by atomic mass is 32.1. The first-order valence-corrected chi connectivity index (χ1v) is 12.8. The van der Waals surface area contributed by atoms with Gasteiger partial charge in [-0.05, 0) is 59.5 Å². The monoisotopic (exact) mass is 475 g/mol. The number of aromatic nitrogens is 2. The predicted octanol–water partition coefficient (Wildman–Crippen LogP) is 6.23. The van der Waals surface area contributed by atoms with E-state index in [1.807, 2.05) is 23.6 Å². The van der Waals surface area contributed by atoms with Crippen molar-refractivity contribution in [1.29, 1.82) is 0 Å². The Bertz CT molecular complexity index is 1200. The first-order chi connectivity index (χ1) is 16.4. The Morgan fingerprint density at radius 2 is 1.82 bits per heavy atom. The molecule has 0 bridgehead atoms. The molecule has 6 heteroatoms. The lowest BCUT2D eigenvalue weighted by Gasteiger charge is -2.19. The fourth-order valence-corrected chi connectivity index (χ4v) is 4.61. The van der Waals surface area contributed by atoms with E-state index in [1.165, 1.54) is 16.9 Å². The lowest BCUT2D eigenvalue weighted by atomic mass is 9.87. The molecule has 0 aliphatic rings. The second-order valence-corrected chi connectivity index (χ2v) is 10.4. The number of aryl methyl sites for hydroxylation is 2. The molecular formula is C28H33N3O2S.